The lowest BCUT2D eigenvalue weighted by atomic mass is 9.87. The molecule has 3 rings (SSSR count). The fourth-order valence-corrected chi connectivity index (χ4v) is 3.78. The van der Waals surface area contributed by atoms with Crippen molar-refractivity contribution in [1.82, 2.24) is 4.57 Å². The van der Waals surface area contributed by atoms with Crippen molar-refractivity contribution in [2.45, 2.75) is 32.7 Å². The number of ketones is 1. The van der Waals surface area contributed by atoms with Crippen molar-refractivity contribution < 1.29 is 4.79 Å². The molecule has 0 saturated carbocycles. The zero-order valence-electron chi connectivity index (χ0n) is 15.3. The van der Waals surface area contributed by atoms with Gasteiger partial charge in [0.15, 0.2) is 5.78 Å². The van der Waals surface area contributed by atoms with E-state index in [1.165, 1.54) is 11.1 Å². The Morgan fingerprint density at radius 1 is 1.32 bits per heavy atom. The van der Waals surface area contributed by atoms with Crippen molar-refractivity contribution in [2.24, 2.45) is 13.0 Å². The fourth-order valence-electron chi connectivity index (χ4n) is 3.78. The van der Waals surface area contributed by atoms with Gasteiger partial charge in [0.05, 0.1) is 17.4 Å². The molecule has 1 heterocycles. The Kier molecular flexibility index (Phi) is 4.67. The summed E-state index contributed by atoms with van der Waals surface area (Å²) in [5.41, 5.74) is 6.43. The first-order valence-electron chi connectivity index (χ1n) is 8.77. The number of nitrogens with one attached hydrogen (secondary N) is 1. The summed E-state index contributed by atoms with van der Waals surface area (Å²) in [4.78, 5) is 11.7. The average molecular weight is 334 g/mol. The first kappa shape index (κ1) is 17.3. The van der Waals surface area contributed by atoms with Crippen molar-refractivity contribution in [3.63, 3.8) is 0 Å². The highest BCUT2D eigenvalue weighted by Gasteiger charge is 2.24. The molecule has 2 atom stereocenters. The molecule has 25 heavy (non-hydrogen) atoms. The number of nitrogens with zero attached hydrogens (tertiary/aromatic N) is 1. The van der Waals surface area contributed by atoms with Crippen LogP contribution in [0.2, 0.25) is 0 Å². The predicted molar refractivity (Wildman–Crippen MR) is 106 cm³/mol. The van der Waals surface area contributed by atoms with Crippen molar-refractivity contribution in [1.29, 1.82) is 0 Å². The van der Waals surface area contributed by atoms with Crippen molar-refractivity contribution in [3.8, 4) is 0 Å². The lowest BCUT2D eigenvalue weighted by Crippen LogP contribution is -2.25. The summed E-state index contributed by atoms with van der Waals surface area (Å²) in [5.74, 6) is 0.490. The number of allylic oxidation sites excluding steroid dienone is 6. The monoisotopic (exact) mass is 334 g/mol. The number of anilines is 1. The van der Waals surface area contributed by atoms with E-state index < -0.39 is 0 Å². The van der Waals surface area contributed by atoms with Crippen LogP contribution in [0.15, 0.2) is 60.9 Å². The summed E-state index contributed by atoms with van der Waals surface area (Å²) in [5, 5.41) is 3.69. The smallest absolute Gasteiger partial charge is 0.159 e. The van der Waals surface area contributed by atoms with E-state index in [-0.39, 0.29) is 11.8 Å². The predicted octanol–water partition coefficient (Wildman–Crippen LogP) is 4.73. The highest BCUT2D eigenvalue weighted by Crippen LogP contribution is 2.33. The third kappa shape index (κ3) is 3.32. The first-order valence-corrected chi connectivity index (χ1v) is 8.77. The molecule has 2 aliphatic carbocycles. The maximum absolute atomic E-state index is 11.7. The van der Waals surface area contributed by atoms with Crippen LogP contribution in [0.5, 0.6) is 0 Å². The molecule has 1 N–H and O–H groups in total. The zero-order chi connectivity index (χ0) is 18.1. The van der Waals surface area contributed by atoms with Crippen molar-refractivity contribution >= 4 is 17.0 Å². The molecule has 130 valence electrons. The quantitative estimate of drug-likeness (QED) is 0.790. The Labute approximate surface area is 150 Å². The van der Waals surface area contributed by atoms with Gasteiger partial charge < -0.3 is 9.88 Å². The van der Waals surface area contributed by atoms with Gasteiger partial charge in [-0.3, -0.25) is 4.79 Å². The molecule has 0 radical (unpaired) electrons. The van der Waals surface area contributed by atoms with Crippen LogP contribution in [0.4, 0.5) is 5.69 Å². The maximum Gasteiger partial charge on any atom is 0.159 e. The average Bonchev–Trinajstić information content (AvgIpc) is 2.76. The first-order chi connectivity index (χ1) is 11.9. The van der Waals surface area contributed by atoms with Gasteiger partial charge in [0.2, 0.25) is 0 Å². The third-order valence-electron chi connectivity index (χ3n) is 5.17. The topological polar surface area (TPSA) is 34.0 Å². The maximum atomic E-state index is 11.7. The summed E-state index contributed by atoms with van der Waals surface area (Å²) in [6, 6.07) is 0.262. The molecule has 1 aromatic rings. The Balaban J connectivity index is 1.85. The minimum Gasteiger partial charge on any atom is -0.377 e. The molecule has 2 unspecified atom stereocenters. The normalized spacial score (nSPS) is 21.9. The molecule has 0 fully saturated rings. The van der Waals surface area contributed by atoms with E-state index >= 15 is 0 Å². The van der Waals surface area contributed by atoms with E-state index in [9.17, 15) is 4.79 Å². The second kappa shape index (κ2) is 6.75. The third-order valence-corrected chi connectivity index (χ3v) is 5.17. The van der Waals surface area contributed by atoms with Crippen LogP contribution in [-0.4, -0.2) is 16.4 Å². The molecule has 3 heteroatoms. The van der Waals surface area contributed by atoms with E-state index in [2.05, 4.69) is 54.4 Å². The van der Waals surface area contributed by atoms with Crippen LogP contribution >= 0.6 is 0 Å². The Morgan fingerprint density at radius 3 is 2.76 bits per heavy atom. The second-order valence-corrected chi connectivity index (χ2v) is 6.97. The van der Waals surface area contributed by atoms with Crippen molar-refractivity contribution in [2.75, 3.05) is 5.32 Å². The zero-order valence-corrected chi connectivity index (χ0v) is 15.3. The van der Waals surface area contributed by atoms with Crippen LogP contribution in [0.25, 0.3) is 5.57 Å². The van der Waals surface area contributed by atoms with Gasteiger partial charge in [-0.15, -0.1) is 0 Å². The number of fused-ring (bicyclic) bond motifs is 1. The molecule has 3 nitrogen and oxygen atoms in total. The van der Waals surface area contributed by atoms with Gasteiger partial charge in [0.1, 0.15) is 0 Å². The van der Waals surface area contributed by atoms with Crippen molar-refractivity contribution in [3.05, 3.63) is 72.1 Å². The number of aryl methyl sites for hydroxylation is 1. The number of carbonyl (C=O) groups is 1. The van der Waals surface area contributed by atoms with Crippen LogP contribution in [0, 0.1) is 12.8 Å². The lowest BCUT2D eigenvalue weighted by molar-refractivity contribution is -0.113. The molecule has 0 saturated heterocycles. The fraction of sp³-hybridized carbons (Fsp3) is 0.318. The van der Waals surface area contributed by atoms with Crippen LogP contribution in [-0.2, 0) is 11.8 Å². The summed E-state index contributed by atoms with van der Waals surface area (Å²) < 4.78 is 2.10. The number of hydrogen-bond acceptors (Lipinski definition) is 2. The van der Waals surface area contributed by atoms with E-state index in [0.29, 0.717) is 5.92 Å². The Bertz CT molecular complexity index is 832. The number of rotatable bonds is 5. The molecule has 2 aliphatic rings. The van der Waals surface area contributed by atoms with Gasteiger partial charge >= 0.3 is 0 Å². The highest BCUT2D eigenvalue weighted by atomic mass is 16.1. The molecule has 0 aromatic carbocycles. The minimum absolute atomic E-state index is 0.133. The van der Waals surface area contributed by atoms with Crippen LogP contribution < -0.4 is 5.32 Å². The number of hydrogen-bond donors (Lipinski definition) is 1. The summed E-state index contributed by atoms with van der Waals surface area (Å²) >= 11 is 0. The summed E-state index contributed by atoms with van der Waals surface area (Å²) in [7, 11) is 2.03. The van der Waals surface area contributed by atoms with Gasteiger partial charge in [-0.25, -0.2) is 0 Å². The molecule has 0 amide bonds. The highest BCUT2D eigenvalue weighted by molar-refractivity contribution is 5.96. The van der Waals surface area contributed by atoms with Gasteiger partial charge in [0.25, 0.3) is 0 Å². The molecular formula is C22H26N2O. The van der Waals surface area contributed by atoms with Crippen LogP contribution in [0.1, 0.15) is 31.0 Å². The van der Waals surface area contributed by atoms with Gasteiger partial charge in [0, 0.05) is 18.8 Å². The molecule has 0 aliphatic heterocycles. The van der Waals surface area contributed by atoms with Gasteiger partial charge in [-0.05, 0) is 49.3 Å². The minimum atomic E-state index is 0.133. The lowest BCUT2D eigenvalue weighted by Gasteiger charge is -2.27. The second-order valence-electron chi connectivity index (χ2n) is 6.97. The standard InChI is InChI=1S/C22H26N2O/c1-6-14(2)22-15(3)21(13-24(22)5)23-20-10-7-17-11-18(16(4)25)8-9-19(20)12-17/h6,8-9,11-13,17,20,23H,1-2,7,10H2,3-5H3. The van der Waals surface area contributed by atoms with Gasteiger partial charge in [-0.1, -0.05) is 43.5 Å². The van der Waals surface area contributed by atoms with E-state index in [0.717, 1.165) is 35.4 Å². The summed E-state index contributed by atoms with van der Waals surface area (Å²) in [6.07, 6.45) is 14.4. The number of aromatic nitrogens is 1. The number of Topliss-reactive ketones (excluding diaryl/α,β-unsaturated/α-hetero) is 1. The van der Waals surface area contributed by atoms with Crippen LogP contribution in [0.3, 0.4) is 0 Å². The van der Waals surface area contributed by atoms with E-state index in [4.69, 9.17) is 0 Å². The largest absolute Gasteiger partial charge is 0.377 e. The Hall–Kier alpha value is -2.55. The Morgan fingerprint density at radius 2 is 2.08 bits per heavy atom. The molecular weight excluding hydrogens is 308 g/mol. The van der Waals surface area contributed by atoms with E-state index in [1.54, 1.807) is 13.0 Å². The van der Waals surface area contributed by atoms with Gasteiger partial charge in [-0.2, -0.15) is 0 Å². The summed E-state index contributed by atoms with van der Waals surface area (Å²) in [6.45, 7) is 11.7. The number of carbonyl (C=O) groups excluding carboxylic acids is 1. The SMILES string of the molecule is C=CC(=C)c1c(C)c(NC2CCC3C=C(C(C)=O)C=CC2=C3)cn1C. The molecule has 0 spiro atoms. The molecule has 2 bridgehead atoms. The molecule has 1 aromatic heterocycles. The van der Waals surface area contributed by atoms with E-state index in [1.807, 2.05) is 13.1 Å².